The zero-order chi connectivity index (χ0) is 0. The molecule has 0 saturated heterocycles. The molecule has 0 heterocycles. The van der Waals surface area contributed by atoms with Crippen LogP contribution in [0.5, 0.6) is 0 Å². The van der Waals surface area contributed by atoms with E-state index in [2.05, 4.69) is 0 Å². The minimum Gasteiger partial charge on any atom is -1.00 e. The third kappa shape index (κ3) is 17.7. The zero-order valence-electron chi connectivity index (χ0n) is 6.77. The SMILES string of the molecule is [Ca+2].[Gd].[H-].[H-].[H-].[H-].[Mg+2].[Nd].[Zr]. The molecule has 0 aliphatic carbocycles. The Morgan fingerprint density at radius 3 is 1.20 bits per heavy atom. The van der Waals surface area contributed by atoms with Crippen LogP contribution in [0.3, 0.4) is 0 Å². The topological polar surface area (TPSA) is 0 Å². The Labute approximate surface area is 168 Å². The fraction of sp³-hybridized carbons (Fsp3) is 0. The van der Waals surface area contributed by atoms with Gasteiger partial charge in [-0.05, 0) is 0 Å². The van der Waals surface area contributed by atoms with Crippen LogP contribution in [0.2, 0.25) is 0 Å². The Balaban J connectivity index is 0. The molecular formula is H4CaGdMgNdZr. The average molecular weight is 461 g/mol. The van der Waals surface area contributed by atoms with Gasteiger partial charge in [0.1, 0.15) is 0 Å². The summed E-state index contributed by atoms with van der Waals surface area (Å²) in [6.07, 6.45) is 0. The van der Waals surface area contributed by atoms with Crippen molar-refractivity contribution in [2.75, 3.05) is 0 Å². The van der Waals surface area contributed by atoms with E-state index in [4.69, 9.17) is 0 Å². The Hall–Kier alpha value is 5.58. The molecule has 0 amide bonds. The van der Waals surface area contributed by atoms with Crippen LogP contribution in [0, 0.1) is 80.8 Å². The van der Waals surface area contributed by atoms with Crippen LogP contribution < -0.4 is 0 Å². The number of hydrogen-bond donors (Lipinski definition) is 0. The molecule has 0 bridgehead atoms. The summed E-state index contributed by atoms with van der Waals surface area (Å²) in [5.74, 6) is 0. The summed E-state index contributed by atoms with van der Waals surface area (Å²) in [5, 5.41) is 0. The summed E-state index contributed by atoms with van der Waals surface area (Å²) in [5.41, 5.74) is 0. The summed E-state index contributed by atoms with van der Waals surface area (Å²) >= 11 is 0. The molecule has 0 unspecified atom stereocenters. The van der Waals surface area contributed by atoms with Gasteiger partial charge in [-0.2, -0.15) is 0 Å². The minimum atomic E-state index is 0. The molecule has 5 heteroatoms. The van der Waals surface area contributed by atoms with Gasteiger partial charge >= 0.3 is 60.8 Å². The maximum Gasteiger partial charge on any atom is 2.00 e. The molecule has 0 atom stereocenters. The van der Waals surface area contributed by atoms with E-state index in [1.54, 1.807) is 0 Å². The van der Waals surface area contributed by atoms with Crippen molar-refractivity contribution in [3.63, 3.8) is 0 Å². The molecule has 0 fully saturated rings. The molecule has 0 aliphatic heterocycles. The second kappa shape index (κ2) is 22.6. The van der Waals surface area contributed by atoms with E-state index < -0.39 is 0 Å². The normalized spacial score (nSPS) is 0. The Kier molecular flexibility index (Phi) is 141. The molecule has 0 radical (unpaired) electrons. The fourth-order valence-corrected chi connectivity index (χ4v) is 0. The van der Waals surface area contributed by atoms with Crippen LogP contribution in [0.25, 0.3) is 0 Å². The largest absolute Gasteiger partial charge is 2.00 e. The van der Waals surface area contributed by atoms with Crippen LogP contribution in [-0.4, -0.2) is 60.8 Å². The summed E-state index contributed by atoms with van der Waals surface area (Å²) in [6.45, 7) is 0. The van der Waals surface area contributed by atoms with Crippen molar-refractivity contribution >= 4 is 60.8 Å². The molecule has 0 rings (SSSR count). The van der Waals surface area contributed by atoms with Crippen LogP contribution in [-0.2, 0) is 26.2 Å². The van der Waals surface area contributed by atoms with Gasteiger partial charge in [-0.3, -0.25) is 0 Å². The van der Waals surface area contributed by atoms with Gasteiger partial charge in [0.25, 0.3) is 0 Å². The van der Waals surface area contributed by atoms with Crippen LogP contribution in [0.15, 0.2) is 0 Å². The van der Waals surface area contributed by atoms with Gasteiger partial charge < -0.3 is 5.71 Å². The van der Waals surface area contributed by atoms with E-state index in [9.17, 15) is 0 Å². The third-order valence-corrected chi connectivity index (χ3v) is 0. The van der Waals surface area contributed by atoms with Gasteiger partial charge in [-0.15, -0.1) is 0 Å². The van der Waals surface area contributed by atoms with Gasteiger partial charge in [0.05, 0.1) is 0 Å². The Morgan fingerprint density at radius 2 is 1.20 bits per heavy atom. The molecular weight excluding hydrogens is 457 g/mol. The van der Waals surface area contributed by atoms with Gasteiger partial charge in [0.2, 0.25) is 0 Å². The summed E-state index contributed by atoms with van der Waals surface area (Å²) < 4.78 is 0. The standard InChI is InChI=1S/Ca.Gd.Mg.Nd.Zr.4H/q+2;;+2;;;4*-1. The average Bonchev–Trinajstić information content (AvgIpc) is 0. The van der Waals surface area contributed by atoms with Crippen molar-refractivity contribution in [3.8, 4) is 0 Å². The first-order valence-electron chi connectivity index (χ1n) is 0. The molecule has 0 saturated carbocycles. The molecule has 0 nitrogen and oxygen atoms in total. The predicted molar refractivity (Wildman–Crippen MR) is 16.0 cm³/mol. The van der Waals surface area contributed by atoms with E-state index in [1.165, 1.54) is 0 Å². The van der Waals surface area contributed by atoms with Crippen molar-refractivity contribution in [1.29, 1.82) is 0 Å². The number of rotatable bonds is 0. The molecule has 0 spiro atoms. The first kappa shape index (κ1) is 31.2. The summed E-state index contributed by atoms with van der Waals surface area (Å²) in [4.78, 5) is 0. The Bertz CT molecular complexity index is 20.5. The molecule has 5 heavy (non-hydrogen) atoms. The van der Waals surface area contributed by atoms with Gasteiger partial charge in [-0.1, -0.05) is 0 Å². The van der Waals surface area contributed by atoms with Crippen molar-refractivity contribution in [2.45, 2.75) is 0 Å². The van der Waals surface area contributed by atoms with E-state index in [-0.39, 0.29) is 173 Å². The predicted octanol–water partition coefficient (Wildman–Crippen LogP) is -0.314. The van der Waals surface area contributed by atoms with Crippen LogP contribution >= 0.6 is 0 Å². The van der Waals surface area contributed by atoms with E-state index in [0.717, 1.165) is 0 Å². The second-order valence-electron chi connectivity index (χ2n) is 0. The maximum atomic E-state index is 0. The fourth-order valence-electron chi connectivity index (χ4n) is 0. The Morgan fingerprint density at radius 1 is 1.20 bits per heavy atom. The molecule has 0 aromatic carbocycles. The monoisotopic (exact) mass is 458 g/mol. The summed E-state index contributed by atoms with van der Waals surface area (Å²) in [7, 11) is 0. The molecule has 0 aliphatic rings. The molecule has 0 N–H and O–H groups in total. The molecule has 24 valence electrons. The van der Waals surface area contributed by atoms with E-state index in [0.29, 0.717) is 0 Å². The first-order chi connectivity index (χ1) is 0. The van der Waals surface area contributed by atoms with E-state index >= 15 is 0 Å². The van der Waals surface area contributed by atoms with Gasteiger partial charge in [-0.25, -0.2) is 0 Å². The van der Waals surface area contributed by atoms with Crippen molar-refractivity contribution in [2.24, 2.45) is 0 Å². The quantitative estimate of drug-likeness (QED) is 0.435. The molecule has 0 aromatic heterocycles. The van der Waals surface area contributed by atoms with Crippen molar-refractivity contribution in [3.05, 3.63) is 0 Å². The maximum absolute atomic E-state index is 0. The van der Waals surface area contributed by atoms with Crippen LogP contribution in [0.4, 0.5) is 0 Å². The third-order valence-electron chi connectivity index (χ3n) is 0. The first-order valence-corrected chi connectivity index (χ1v) is 0. The van der Waals surface area contributed by atoms with E-state index in [1.807, 2.05) is 0 Å². The second-order valence-corrected chi connectivity index (χ2v) is 0. The van der Waals surface area contributed by atoms with Crippen molar-refractivity contribution < 1.29 is 113 Å². The van der Waals surface area contributed by atoms with Gasteiger partial charge in [0, 0.05) is 107 Å². The van der Waals surface area contributed by atoms with Crippen LogP contribution in [0.1, 0.15) is 5.71 Å². The van der Waals surface area contributed by atoms with Crippen molar-refractivity contribution in [1.82, 2.24) is 0 Å². The number of hydrogen-bond acceptors (Lipinski definition) is 0. The summed E-state index contributed by atoms with van der Waals surface area (Å²) in [6, 6.07) is 0. The minimum absolute atomic E-state index is 0. The smallest absolute Gasteiger partial charge is 1.00 e. The van der Waals surface area contributed by atoms with Gasteiger partial charge in [0.15, 0.2) is 0 Å². The molecule has 0 aromatic rings. The zero-order valence-corrected chi connectivity index (χ0v) is 14.3.